The molecule has 0 radical (unpaired) electrons. The predicted molar refractivity (Wildman–Crippen MR) is 122 cm³/mol. The summed E-state index contributed by atoms with van der Waals surface area (Å²) in [5.41, 5.74) is 0.761. The molecule has 10 heteroatoms. The van der Waals surface area contributed by atoms with Crippen molar-refractivity contribution in [3.8, 4) is 11.5 Å². The molecule has 0 N–H and O–H groups in total. The van der Waals surface area contributed by atoms with Crippen LogP contribution in [0.5, 0.6) is 11.5 Å². The summed E-state index contributed by atoms with van der Waals surface area (Å²) in [5, 5.41) is 2.42. The fraction of sp³-hybridized carbons (Fsp3) is 0.300. The molecule has 2 heterocycles. The highest BCUT2D eigenvalue weighted by molar-refractivity contribution is 7.22. The lowest BCUT2D eigenvalue weighted by Crippen LogP contribution is -2.50. The Kier molecular flexibility index (Phi) is 6.43. The van der Waals surface area contributed by atoms with Gasteiger partial charge in [-0.2, -0.15) is 0 Å². The molecule has 0 saturated carbocycles. The van der Waals surface area contributed by atoms with Crippen molar-refractivity contribution in [2.75, 3.05) is 44.8 Å². The van der Waals surface area contributed by atoms with Crippen LogP contribution < -0.4 is 14.4 Å². The van der Waals surface area contributed by atoms with Gasteiger partial charge in [-0.05, 0) is 30.3 Å². The Morgan fingerprint density at radius 3 is 2.50 bits per heavy atom. The van der Waals surface area contributed by atoms with E-state index in [1.165, 1.54) is 11.3 Å². The summed E-state index contributed by atoms with van der Waals surface area (Å²) in [4.78, 5) is 21.2. The third kappa shape index (κ3) is 4.39. The van der Waals surface area contributed by atoms with E-state index in [-0.39, 0.29) is 12.5 Å². The molecule has 0 atom stereocenters. The van der Waals surface area contributed by atoms with Crippen molar-refractivity contribution in [3.63, 3.8) is 0 Å². The highest BCUT2D eigenvalue weighted by atomic mass is 35.5. The maximum absolute atomic E-state index is 12.5. The monoisotopic (exact) mass is 485 g/mol. The standard InChI is InChI=1S/C20H18Cl3N3O3S/c1-28-16-5-3-13(22)19-18(16)24-20(30-19)26-8-6-25(7-9-26)17(27)11-29-15-4-2-12(21)10-14(15)23/h2-5,10H,6-9,11H2,1H3. The Morgan fingerprint density at radius 2 is 1.80 bits per heavy atom. The molecule has 1 saturated heterocycles. The molecule has 0 aliphatic carbocycles. The average Bonchev–Trinajstić information content (AvgIpc) is 3.20. The molecular weight excluding hydrogens is 469 g/mol. The minimum atomic E-state index is -0.0883. The van der Waals surface area contributed by atoms with Crippen molar-refractivity contribution in [3.05, 3.63) is 45.4 Å². The van der Waals surface area contributed by atoms with E-state index in [1.54, 1.807) is 30.2 Å². The number of rotatable bonds is 5. The van der Waals surface area contributed by atoms with Crippen molar-refractivity contribution in [2.24, 2.45) is 0 Å². The zero-order valence-electron chi connectivity index (χ0n) is 16.0. The number of anilines is 1. The fourth-order valence-corrected chi connectivity index (χ4v) is 4.98. The molecule has 1 aromatic heterocycles. The van der Waals surface area contributed by atoms with Gasteiger partial charge in [0.15, 0.2) is 11.7 Å². The van der Waals surface area contributed by atoms with Crippen molar-refractivity contribution in [2.45, 2.75) is 0 Å². The Bertz CT molecular complexity index is 1080. The van der Waals surface area contributed by atoms with Crippen LogP contribution in [0.2, 0.25) is 15.1 Å². The van der Waals surface area contributed by atoms with E-state index < -0.39 is 0 Å². The first-order valence-corrected chi connectivity index (χ1v) is 11.1. The number of hydrogen-bond donors (Lipinski definition) is 0. The Labute approximate surface area is 192 Å². The van der Waals surface area contributed by atoms with Crippen molar-refractivity contribution < 1.29 is 14.3 Å². The highest BCUT2D eigenvalue weighted by Crippen LogP contribution is 2.38. The minimum absolute atomic E-state index is 0.0741. The molecular formula is C20H18Cl3N3O3S. The maximum atomic E-state index is 12.5. The Morgan fingerprint density at radius 1 is 1.07 bits per heavy atom. The number of thiazole rings is 1. The number of ether oxygens (including phenoxy) is 2. The van der Waals surface area contributed by atoms with Gasteiger partial charge >= 0.3 is 0 Å². The summed E-state index contributed by atoms with van der Waals surface area (Å²) < 4.78 is 11.9. The van der Waals surface area contributed by atoms with Crippen LogP contribution in [0.25, 0.3) is 10.2 Å². The number of piperazine rings is 1. The first-order chi connectivity index (χ1) is 14.5. The summed E-state index contributed by atoms with van der Waals surface area (Å²) in [6, 6.07) is 8.54. The van der Waals surface area contributed by atoms with Crippen molar-refractivity contribution in [1.82, 2.24) is 9.88 Å². The number of nitrogens with zero attached hydrogens (tertiary/aromatic N) is 3. The number of amides is 1. The number of aromatic nitrogens is 1. The fourth-order valence-electron chi connectivity index (χ4n) is 3.21. The third-order valence-corrected chi connectivity index (χ3v) is 6.92. The van der Waals surface area contributed by atoms with Gasteiger partial charge in [-0.1, -0.05) is 46.1 Å². The molecule has 158 valence electrons. The second-order valence-corrected chi connectivity index (χ2v) is 8.88. The Hall–Kier alpha value is -1.93. The van der Waals surface area contributed by atoms with Crippen LogP contribution in [0, 0.1) is 0 Å². The SMILES string of the molecule is COc1ccc(Cl)c2sc(N3CCN(C(=O)COc4ccc(Cl)cc4Cl)CC3)nc12. The number of hydrogen-bond acceptors (Lipinski definition) is 6. The van der Waals surface area contributed by atoms with E-state index in [0.717, 1.165) is 15.3 Å². The highest BCUT2D eigenvalue weighted by Gasteiger charge is 2.24. The van der Waals surface area contributed by atoms with E-state index in [2.05, 4.69) is 4.90 Å². The topological polar surface area (TPSA) is 54.9 Å². The second-order valence-electron chi connectivity index (χ2n) is 6.66. The van der Waals surface area contributed by atoms with Gasteiger partial charge in [-0.15, -0.1) is 0 Å². The van der Waals surface area contributed by atoms with Gasteiger partial charge in [-0.25, -0.2) is 4.98 Å². The van der Waals surface area contributed by atoms with Gasteiger partial charge in [0.1, 0.15) is 17.0 Å². The third-order valence-electron chi connectivity index (χ3n) is 4.82. The van der Waals surface area contributed by atoms with Crippen LogP contribution in [0.15, 0.2) is 30.3 Å². The lowest BCUT2D eigenvalue weighted by Gasteiger charge is -2.34. The van der Waals surface area contributed by atoms with Gasteiger partial charge in [0, 0.05) is 31.2 Å². The van der Waals surface area contributed by atoms with E-state index in [1.807, 2.05) is 12.1 Å². The zero-order valence-corrected chi connectivity index (χ0v) is 19.1. The van der Waals surface area contributed by atoms with Gasteiger partial charge in [0.2, 0.25) is 0 Å². The number of halogens is 3. The molecule has 3 aromatic rings. The number of methoxy groups -OCH3 is 1. The maximum Gasteiger partial charge on any atom is 0.260 e. The van der Waals surface area contributed by atoms with E-state index >= 15 is 0 Å². The molecule has 30 heavy (non-hydrogen) atoms. The first kappa shape index (κ1) is 21.3. The summed E-state index contributed by atoms with van der Waals surface area (Å²) >= 11 is 19.8. The molecule has 0 bridgehead atoms. The largest absolute Gasteiger partial charge is 0.494 e. The lowest BCUT2D eigenvalue weighted by atomic mass is 10.3. The summed E-state index contributed by atoms with van der Waals surface area (Å²) in [6.07, 6.45) is 0. The smallest absolute Gasteiger partial charge is 0.260 e. The average molecular weight is 487 g/mol. The van der Waals surface area contributed by atoms with E-state index in [0.29, 0.717) is 52.7 Å². The van der Waals surface area contributed by atoms with Gasteiger partial charge < -0.3 is 19.3 Å². The van der Waals surface area contributed by atoms with E-state index in [9.17, 15) is 4.79 Å². The molecule has 1 fully saturated rings. The predicted octanol–water partition coefficient (Wildman–Crippen LogP) is 4.99. The molecule has 1 aliphatic rings. The van der Waals surface area contributed by atoms with Crippen LogP contribution in [0.4, 0.5) is 5.13 Å². The van der Waals surface area contributed by atoms with Crippen LogP contribution in [-0.4, -0.2) is 55.7 Å². The normalized spacial score (nSPS) is 14.3. The molecule has 1 amide bonds. The molecule has 6 nitrogen and oxygen atoms in total. The Balaban J connectivity index is 1.37. The summed E-state index contributed by atoms with van der Waals surface area (Å²) in [5.74, 6) is 1.05. The van der Waals surface area contributed by atoms with Crippen LogP contribution in [-0.2, 0) is 4.79 Å². The summed E-state index contributed by atoms with van der Waals surface area (Å²) in [6.45, 7) is 2.43. The van der Waals surface area contributed by atoms with Gasteiger partial charge in [0.25, 0.3) is 5.91 Å². The second kappa shape index (κ2) is 9.06. The molecule has 2 aromatic carbocycles. The van der Waals surface area contributed by atoms with Crippen LogP contribution in [0.1, 0.15) is 0 Å². The van der Waals surface area contributed by atoms with Crippen LogP contribution in [0.3, 0.4) is 0 Å². The van der Waals surface area contributed by atoms with Gasteiger partial charge in [0.05, 0.1) is 21.9 Å². The zero-order chi connectivity index (χ0) is 21.3. The van der Waals surface area contributed by atoms with Crippen molar-refractivity contribution >= 4 is 67.4 Å². The number of benzene rings is 2. The molecule has 4 rings (SSSR count). The van der Waals surface area contributed by atoms with Gasteiger partial charge in [-0.3, -0.25) is 4.79 Å². The number of carbonyl (C=O) groups is 1. The molecule has 0 unspecified atom stereocenters. The number of fused-ring (bicyclic) bond motifs is 1. The summed E-state index contributed by atoms with van der Waals surface area (Å²) in [7, 11) is 1.62. The number of carbonyl (C=O) groups excluding carboxylic acids is 1. The molecule has 0 spiro atoms. The molecule has 1 aliphatic heterocycles. The van der Waals surface area contributed by atoms with E-state index in [4.69, 9.17) is 49.3 Å². The lowest BCUT2D eigenvalue weighted by molar-refractivity contribution is -0.133. The van der Waals surface area contributed by atoms with Crippen molar-refractivity contribution in [1.29, 1.82) is 0 Å². The first-order valence-electron chi connectivity index (χ1n) is 9.20. The minimum Gasteiger partial charge on any atom is -0.494 e. The van der Waals surface area contributed by atoms with Crippen LogP contribution >= 0.6 is 46.1 Å². The quantitative estimate of drug-likeness (QED) is 0.508.